The van der Waals surface area contributed by atoms with E-state index in [9.17, 15) is 9.59 Å². The first-order valence-electron chi connectivity index (χ1n) is 10.2. The number of likely N-dealkylation sites (tertiary alicyclic amines) is 2. The number of carbonyl (C=O) groups is 2. The van der Waals surface area contributed by atoms with Crippen molar-refractivity contribution in [2.75, 3.05) is 26.2 Å². The van der Waals surface area contributed by atoms with Gasteiger partial charge in [-0.15, -0.1) is 0 Å². The summed E-state index contributed by atoms with van der Waals surface area (Å²) >= 11 is 0. The highest BCUT2D eigenvalue weighted by atomic mass is 16.2. The maximum absolute atomic E-state index is 13.2. The van der Waals surface area contributed by atoms with E-state index in [4.69, 9.17) is 0 Å². The molecule has 1 N–H and O–H groups in total. The second kappa shape index (κ2) is 6.72. The lowest BCUT2D eigenvalue weighted by molar-refractivity contribution is -0.145. The molecule has 0 unspecified atom stereocenters. The summed E-state index contributed by atoms with van der Waals surface area (Å²) in [4.78, 5) is 34.3. The minimum atomic E-state index is -0.382. The molecule has 1 atom stereocenters. The van der Waals surface area contributed by atoms with Gasteiger partial charge in [-0.3, -0.25) is 19.7 Å². The number of piperidine rings is 1. The summed E-state index contributed by atoms with van der Waals surface area (Å²) in [6, 6.07) is 7.35. The van der Waals surface area contributed by atoms with Crippen molar-refractivity contribution in [2.24, 2.45) is 11.3 Å². The number of hydrogen-bond acceptors (Lipinski definition) is 4. The summed E-state index contributed by atoms with van der Waals surface area (Å²) < 4.78 is 0. The zero-order valence-electron chi connectivity index (χ0n) is 15.9. The maximum atomic E-state index is 13.2. The highest BCUT2D eigenvalue weighted by molar-refractivity contribution is 5.94. The lowest BCUT2D eigenvalue weighted by Crippen LogP contribution is -2.51. The fourth-order valence-corrected chi connectivity index (χ4v) is 4.61. The predicted octanol–water partition coefficient (Wildman–Crippen LogP) is 2.34. The van der Waals surface area contributed by atoms with Crippen LogP contribution in [0.15, 0.2) is 30.5 Å². The lowest BCUT2D eigenvalue weighted by Gasteiger charge is -2.39. The largest absolute Gasteiger partial charge is 0.342 e. The number of aromatic nitrogens is 3. The van der Waals surface area contributed by atoms with E-state index in [1.807, 2.05) is 23.1 Å². The van der Waals surface area contributed by atoms with Crippen LogP contribution in [0.2, 0.25) is 0 Å². The van der Waals surface area contributed by atoms with Gasteiger partial charge in [0.05, 0.1) is 11.1 Å². The molecule has 4 heterocycles. The molecule has 1 aliphatic carbocycles. The van der Waals surface area contributed by atoms with Crippen molar-refractivity contribution >= 4 is 11.8 Å². The Labute approximate surface area is 164 Å². The van der Waals surface area contributed by atoms with Crippen molar-refractivity contribution in [3.8, 4) is 11.4 Å². The normalized spacial score (nSPS) is 24.9. The zero-order valence-corrected chi connectivity index (χ0v) is 15.9. The molecule has 0 radical (unpaired) electrons. The number of pyridine rings is 1. The van der Waals surface area contributed by atoms with Crippen LogP contribution in [0.5, 0.6) is 0 Å². The molecule has 2 aromatic heterocycles. The topological polar surface area (TPSA) is 82.2 Å². The van der Waals surface area contributed by atoms with E-state index in [0.717, 1.165) is 38.0 Å². The van der Waals surface area contributed by atoms with E-state index in [-0.39, 0.29) is 17.2 Å². The van der Waals surface area contributed by atoms with Crippen molar-refractivity contribution in [1.82, 2.24) is 25.0 Å². The molecule has 1 spiro atoms. The Morgan fingerprint density at radius 1 is 1.21 bits per heavy atom. The Bertz CT molecular complexity index is 891. The van der Waals surface area contributed by atoms with Crippen molar-refractivity contribution in [3.63, 3.8) is 0 Å². The minimum absolute atomic E-state index is 0.0846. The van der Waals surface area contributed by atoms with Gasteiger partial charge < -0.3 is 9.80 Å². The molecule has 3 aliphatic rings. The molecule has 28 heavy (non-hydrogen) atoms. The monoisotopic (exact) mass is 379 g/mol. The van der Waals surface area contributed by atoms with E-state index >= 15 is 0 Å². The van der Waals surface area contributed by atoms with Crippen molar-refractivity contribution < 1.29 is 9.59 Å². The van der Waals surface area contributed by atoms with E-state index in [0.29, 0.717) is 30.4 Å². The summed E-state index contributed by atoms with van der Waals surface area (Å²) in [5.41, 5.74) is 1.46. The molecule has 146 valence electrons. The van der Waals surface area contributed by atoms with Gasteiger partial charge in [-0.2, -0.15) is 5.10 Å². The molecule has 7 nitrogen and oxygen atoms in total. The number of hydrogen-bond donors (Lipinski definition) is 1. The Kier molecular flexibility index (Phi) is 4.18. The average Bonchev–Trinajstić information content (AvgIpc) is 3.24. The molecule has 2 saturated heterocycles. The molecular weight excluding hydrogens is 354 g/mol. The van der Waals surface area contributed by atoms with Crippen LogP contribution in [0.1, 0.15) is 42.6 Å². The van der Waals surface area contributed by atoms with E-state index in [1.165, 1.54) is 12.8 Å². The summed E-state index contributed by atoms with van der Waals surface area (Å²) in [6.07, 6.45) is 6.89. The standard InChI is InChI=1S/C21H25N5O2/c27-19(18-12-17(23-24-18)16-4-1-2-9-22-16)26-11-8-21(14-26)7-3-10-25(20(21)28)13-15-5-6-15/h1-2,4,9,12,15H,3,5-8,10-11,13-14H2,(H,23,24)/t21-/m1/s1. The zero-order chi connectivity index (χ0) is 19.1. The molecule has 1 saturated carbocycles. The minimum Gasteiger partial charge on any atom is -0.342 e. The van der Waals surface area contributed by atoms with Gasteiger partial charge in [0.15, 0.2) is 0 Å². The number of amides is 2. The first-order valence-corrected chi connectivity index (χ1v) is 10.2. The van der Waals surface area contributed by atoms with Crippen LogP contribution < -0.4 is 0 Å². The van der Waals surface area contributed by atoms with Gasteiger partial charge in [-0.05, 0) is 56.2 Å². The Hall–Kier alpha value is -2.70. The van der Waals surface area contributed by atoms with E-state index < -0.39 is 0 Å². The highest BCUT2D eigenvalue weighted by Gasteiger charge is 2.50. The Morgan fingerprint density at radius 3 is 2.89 bits per heavy atom. The number of carbonyl (C=O) groups excluding carboxylic acids is 2. The number of rotatable bonds is 4. The average molecular weight is 379 g/mol. The SMILES string of the molecule is O=C(c1cc(-c2ccccn2)n[nH]1)N1CC[C@]2(CCCN(CC3CC3)C2=O)C1. The first kappa shape index (κ1) is 17.4. The Morgan fingerprint density at radius 2 is 2.11 bits per heavy atom. The van der Waals surface area contributed by atoms with Crippen molar-refractivity contribution in [2.45, 2.75) is 32.1 Å². The smallest absolute Gasteiger partial charge is 0.271 e. The maximum Gasteiger partial charge on any atom is 0.271 e. The van der Waals surface area contributed by atoms with Crippen LogP contribution in [0.3, 0.4) is 0 Å². The van der Waals surface area contributed by atoms with Gasteiger partial charge >= 0.3 is 0 Å². The summed E-state index contributed by atoms with van der Waals surface area (Å²) in [7, 11) is 0. The molecule has 2 aromatic rings. The summed E-state index contributed by atoms with van der Waals surface area (Å²) in [5.74, 6) is 0.881. The molecule has 0 bridgehead atoms. The van der Waals surface area contributed by atoms with Gasteiger partial charge in [0.25, 0.3) is 5.91 Å². The van der Waals surface area contributed by atoms with Gasteiger partial charge in [0.1, 0.15) is 11.4 Å². The highest BCUT2D eigenvalue weighted by Crippen LogP contribution is 2.42. The molecule has 7 heteroatoms. The quantitative estimate of drug-likeness (QED) is 0.884. The second-order valence-corrected chi connectivity index (χ2v) is 8.44. The van der Waals surface area contributed by atoms with Crippen LogP contribution >= 0.6 is 0 Å². The fourth-order valence-electron chi connectivity index (χ4n) is 4.61. The lowest BCUT2D eigenvalue weighted by atomic mass is 9.78. The fraction of sp³-hybridized carbons (Fsp3) is 0.524. The molecule has 0 aromatic carbocycles. The van der Waals surface area contributed by atoms with Crippen LogP contribution in [-0.4, -0.2) is 63.0 Å². The molecule has 3 fully saturated rings. The summed E-state index contributed by atoms with van der Waals surface area (Å²) in [6.45, 7) is 2.92. The van der Waals surface area contributed by atoms with E-state index in [1.54, 1.807) is 12.3 Å². The number of H-pyrrole nitrogens is 1. The molecule has 2 amide bonds. The van der Waals surface area contributed by atoms with Crippen LogP contribution in [0.25, 0.3) is 11.4 Å². The van der Waals surface area contributed by atoms with Crippen LogP contribution in [-0.2, 0) is 4.79 Å². The van der Waals surface area contributed by atoms with Crippen LogP contribution in [0, 0.1) is 11.3 Å². The van der Waals surface area contributed by atoms with Gasteiger partial charge in [-0.25, -0.2) is 0 Å². The molecule has 5 rings (SSSR count). The summed E-state index contributed by atoms with van der Waals surface area (Å²) in [5, 5.41) is 7.09. The third-order valence-corrected chi connectivity index (χ3v) is 6.38. The second-order valence-electron chi connectivity index (χ2n) is 8.44. The van der Waals surface area contributed by atoms with Gasteiger partial charge in [-0.1, -0.05) is 6.07 Å². The van der Waals surface area contributed by atoms with Crippen molar-refractivity contribution in [1.29, 1.82) is 0 Å². The number of nitrogens with one attached hydrogen (secondary N) is 1. The van der Waals surface area contributed by atoms with Crippen LogP contribution in [0.4, 0.5) is 0 Å². The predicted molar refractivity (Wildman–Crippen MR) is 103 cm³/mol. The number of nitrogens with zero attached hydrogens (tertiary/aromatic N) is 4. The third kappa shape index (κ3) is 3.08. The first-order chi connectivity index (χ1) is 13.6. The van der Waals surface area contributed by atoms with Gasteiger partial charge in [0.2, 0.25) is 5.91 Å². The van der Waals surface area contributed by atoms with Crippen molar-refractivity contribution in [3.05, 3.63) is 36.2 Å². The van der Waals surface area contributed by atoms with E-state index in [2.05, 4.69) is 20.1 Å². The Balaban J connectivity index is 1.29. The van der Waals surface area contributed by atoms with Gasteiger partial charge in [0, 0.05) is 32.4 Å². The number of aromatic amines is 1. The third-order valence-electron chi connectivity index (χ3n) is 6.38. The molecule has 2 aliphatic heterocycles. The molecular formula is C21H25N5O2.